The number of hydrogen-bond acceptors (Lipinski definition) is 4. The van der Waals surface area contributed by atoms with Gasteiger partial charge in [0.15, 0.2) is 0 Å². The summed E-state index contributed by atoms with van der Waals surface area (Å²) in [6.45, 7) is 3.91. The second-order valence-corrected chi connectivity index (χ2v) is 9.45. The van der Waals surface area contributed by atoms with Crippen molar-refractivity contribution in [2.45, 2.75) is 19.8 Å². The van der Waals surface area contributed by atoms with E-state index in [4.69, 9.17) is 4.74 Å². The highest BCUT2D eigenvalue weighted by molar-refractivity contribution is 6.00. The Hall–Kier alpha value is -4.23. The molecule has 0 aliphatic rings. The summed E-state index contributed by atoms with van der Waals surface area (Å²) in [6, 6.07) is 24.1. The topological polar surface area (TPSA) is 70.2 Å². The van der Waals surface area contributed by atoms with E-state index < -0.39 is 5.95 Å². The summed E-state index contributed by atoms with van der Waals surface area (Å²) in [6.07, 6.45) is 5.21. The van der Waals surface area contributed by atoms with Crippen molar-refractivity contribution in [2.75, 3.05) is 33.8 Å². The number of ether oxygens (including phenoxy) is 1. The number of aromatic nitrogens is 2. The van der Waals surface area contributed by atoms with E-state index >= 15 is 0 Å². The molecule has 0 saturated heterocycles. The zero-order chi connectivity index (χ0) is 27.6. The summed E-state index contributed by atoms with van der Waals surface area (Å²) in [5.41, 5.74) is 6.00. The van der Waals surface area contributed by atoms with Gasteiger partial charge < -0.3 is 15.0 Å². The van der Waals surface area contributed by atoms with E-state index in [1.54, 1.807) is 26.2 Å². The molecule has 7 heteroatoms. The van der Waals surface area contributed by atoms with Crippen molar-refractivity contribution in [3.8, 4) is 5.75 Å². The van der Waals surface area contributed by atoms with Crippen molar-refractivity contribution in [1.82, 2.24) is 20.4 Å². The zero-order valence-corrected chi connectivity index (χ0v) is 22.7. The molecule has 39 heavy (non-hydrogen) atoms. The second-order valence-electron chi connectivity index (χ2n) is 9.45. The standard InChI is InChI=1S/C32H35FN4O2/c1-4-9-27(23-10-6-5-7-11-23)31(25-15-18-29-28(22-25)32(33)36-35-29)24-13-16-26(17-14-24)39-21-20-34-19-8-12-30(38)37(2)3/h5-8,10-18,22,34H,4,9,19-21H2,1-3H3,(H,35,36). The lowest BCUT2D eigenvalue weighted by molar-refractivity contribution is -0.123. The molecule has 202 valence electrons. The Morgan fingerprint density at radius 1 is 1.03 bits per heavy atom. The van der Waals surface area contributed by atoms with Crippen LogP contribution in [-0.4, -0.2) is 54.8 Å². The predicted octanol–water partition coefficient (Wildman–Crippen LogP) is 6.07. The van der Waals surface area contributed by atoms with E-state index in [1.807, 2.05) is 48.5 Å². The van der Waals surface area contributed by atoms with Crippen LogP contribution >= 0.6 is 0 Å². The summed E-state index contributed by atoms with van der Waals surface area (Å²) in [4.78, 5) is 13.1. The van der Waals surface area contributed by atoms with Crippen LogP contribution in [-0.2, 0) is 4.79 Å². The van der Waals surface area contributed by atoms with Crippen LogP contribution in [0.5, 0.6) is 5.75 Å². The number of rotatable bonds is 12. The highest BCUT2D eigenvalue weighted by Crippen LogP contribution is 2.37. The van der Waals surface area contributed by atoms with E-state index in [0.29, 0.717) is 30.6 Å². The van der Waals surface area contributed by atoms with Crippen molar-refractivity contribution in [1.29, 1.82) is 0 Å². The van der Waals surface area contributed by atoms with Crippen LogP contribution in [0.4, 0.5) is 4.39 Å². The average Bonchev–Trinajstić information content (AvgIpc) is 3.33. The number of aromatic amines is 1. The fourth-order valence-electron chi connectivity index (χ4n) is 4.41. The molecule has 0 bridgehead atoms. The van der Waals surface area contributed by atoms with Gasteiger partial charge in [0.2, 0.25) is 11.9 Å². The van der Waals surface area contributed by atoms with E-state index in [9.17, 15) is 9.18 Å². The number of carbonyl (C=O) groups excluding carboxylic acids is 1. The monoisotopic (exact) mass is 526 g/mol. The molecule has 0 aliphatic heterocycles. The molecular formula is C32H35FN4O2. The van der Waals surface area contributed by atoms with Gasteiger partial charge in [0.1, 0.15) is 12.4 Å². The maximum absolute atomic E-state index is 14.4. The van der Waals surface area contributed by atoms with Gasteiger partial charge in [0.05, 0.1) is 10.9 Å². The number of hydrogen-bond donors (Lipinski definition) is 2. The number of nitrogens with zero attached hydrogens (tertiary/aromatic N) is 2. The van der Waals surface area contributed by atoms with Crippen molar-refractivity contribution in [3.05, 3.63) is 108 Å². The molecule has 0 aliphatic carbocycles. The third-order valence-electron chi connectivity index (χ3n) is 6.37. The van der Waals surface area contributed by atoms with Crippen LogP contribution in [0.15, 0.2) is 84.9 Å². The SMILES string of the molecule is CCCC(=C(c1ccc(OCCNCC=CC(=O)N(C)C)cc1)c1ccc2n[nH]c(F)c2c1)c1ccccc1. The number of nitrogens with one attached hydrogen (secondary N) is 2. The van der Waals surface area contributed by atoms with Gasteiger partial charge in [0.25, 0.3) is 0 Å². The number of halogens is 1. The Balaban J connectivity index is 1.55. The van der Waals surface area contributed by atoms with Gasteiger partial charge in [-0.1, -0.05) is 68.0 Å². The first-order valence-electron chi connectivity index (χ1n) is 13.2. The first kappa shape index (κ1) is 27.8. The molecule has 0 fully saturated rings. The Kier molecular flexibility index (Phi) is 9.64. The summed E-state index contributed by atoms with van der Waals surface area (Å²) >= 11 is 0. The molecule has 0 unspecified atom stereocenters. The summed E-state index contributed by atoms with van der Waals surface area (Å²) in [5, 5.41) is 10.2. The Morgan fingerprint density at radius 3 is 2.49 bits per heavy atom. The first-order chi connectivity index (χ1) is 19.0. The van der Waals surface area contributed by atoms with E-state index in [-0.39, 0.29) is 5.91 Å². The lowest BCUT2D eigenvalue weighted by Crippen LogP contribution is -2.22. The highest BCUT2D eigenvalue weighted by atomic mass is 19.1. The molecule has 0 radical (unpaired) electrons. The third kappa shape index (κ3) is 7.21. The molecule has 1 aromatic heterocycles. The van der Waals surface area contributed by atoms with Crippen molar-refractivity contribution in [2.24, 2.45) is 0 Å². The molecule has 1 amide bonds. The molecule has 0 spiro atoms. The lowest BCUT2D eigenvalue weighted by Gasteiger charge is -2.18. The van der Waals surface area contributed by atoms with E-state index in [0.717, 1.165) is 40.9 Å². The molecule has 0 saturated carbocycles. The predicted molar refractivity (Wildman–Crippen MR) is 156 cm³/mol. The van der Waals surface area contributed by atoms with E-state index in [2.05, 4.69) is 46.7 Å². The normalized spacial score (nSPS) is 12.1. The maximum atomic E-state index is 14.4. The van der Waals surface area contributed by atoms with E-state index in [1.165, 1.54) is 10.5 Å². The van der Waals surface area contributed by atoms with Gasteiger partial charge in [-0.15, -0.1) is 0 Å². The van der Waals surface area contributed by atoms with Crippen molar-refractivity contribution < 1.29 is 13.9 Å². The van der Waals surface area contributed by atoms with Gasteiger partial charge >= 0.3 is 0 Å². The van der Waals surface area contributed by atoms with Gasteiger partial charge in [-0.25, -0.2) is 0 Å². The molecular weight excluding hydrogens is 491 g/mol. The second kappa shape index (κ2) is 13.5. The molecule has 4 rings (SSSR count). The molecule has 0 atom stereocenters. The van der Waals surface area contributed by atoms with Crippen molar-refractivity contribution >= 4 is 28.0 Å². The number of fused-ring (bicyclic) bond motifs is 1. The fourth-order valence-corrected chi connectivity index (χ4v) is 4.41. The molecule has 1 heterocycles. The minimum atomic E-state index is -0.430. The zero-order valence-electron chi connectivity index (χ0n) is 22.7. The smallest absolute Gasteiger partial charge is 0.245 e. The van der Waals surface area contributed by atoms with Crippen LogP contribution in [0.25, 0.3) is 22.0 Å². The van der Waals surface area contributed by atoms with Gasteiger partial charge in [-0.2, -0.15) is 9.49 Å². The largest absolute Gasteiger partial charge is 0.492 e. The first-order valence-corrected chi connectivity index (χ1v) is 13.2. The minimum Gasteiger partial charge on any atom is -0.492 e. The van der Waals surface area contributed by atoms with Crippen LogP contribution in [0.3, 0.4) is 0 Å². The number of likely N-dealkylation sites (N-methyl/N-ethyl adjacent to an activating group) is 1. The van der Waals surface area contributed by atoms with Crippen molar-refractivity contribution in [3.63, 3.8) is 0 Å². The number of benzene rings is 3. The fraction of sp³-hybridized carbons (Fsp3) is 0.250. The van der Waals surface area contributed by atoms with Gasteiger partial charge in [-0.3, -0.25) is 9.89 Å². The molecule has 2 N–H and O–H groups in total. The van der Waals surface area contributed by atoms with Crippen LogP contribution < -0.4 is 10.1 Å². The molecule has 4 aromatic rings. The van der Waals surface area contributed by atoms with Gasteiger partial charge in [0, 0.05) is 33.3 Å². The minimum absolute atomic E-state index is 0.0364. The van der Waals surface area contributed by atoms with Crippen LogP contribution in [0.1, 0.15) is 36.5 Å². The quantitative estimate of drug-likeness (QED) is 0.133. The Morgan fingerprint density at radius 2 is 1.77 bits per heavy atom. The lowest BCUT2D eigenvalue weighted by atomic mass is 9.87. The average molecular weight is 527 g/mol. The highest BCUT2D eigenvalue weighted by Gasteiger charge is 2.16. The van der Waals surface area contributed by atoms with Crippen LogP contribution in [0, 0.1) is 5.95 Å². The van der Waals surface area contributed by atoms with Crippen LogP contribution in [0.2, 0.25) is 0 Å². The summed E-state index contributed by atoms with van der Waals surface area (Å²) in [7, 11) is 3.45. The Labute approximate surface area is 229 Å². The Bertz CT molecular complexity index is 1440. The molecule has 6 nitrogen and oxygen atoms in total. The summed E-state index contributed by atoms with van der Waals surface area (Å²) < 4.78 is 20.4. The number of amides is 1. The van der Waals surface area contributed by atoms with Gasteiger partial charge in [-0.05, 0) is 58.5 Å². The number of allylic oxidation sites excluding steroid dienone is 1. The summed E-state index contributed by atoms with van der Waals surface area (Å²) in [5.74, 6) is 0.303. The number of H-pyrrole nitrogens is 1. The number of carbonyl (C=O) groups is 1. The third-order valence-corrected chi connectivity index (χ3v) is 6.37. The maximum Gasteiger partial charge on any atom is 0.245 e. The molecule has 3 aromatic carbocycles.